The number of nitrogens with zero attached hydrogens (tertiary/aromatic N) is 5. The number of H-pyrrole nitrogens is 1. The smallest absolute Gasteiger partial charge is 0.296 e. The van der Waals surface area contributed by atoms with E-state index < -0.39 is 17.1 Å². The van der Waals surface area contributed by atoms with Gasteiger partial charge in [0.25, 0.3) is 17.1 Å². The van der Waals surface area contributed by atoms with Crippen LogP contribution in [0.1, 0.15) is 11.1 Å². The molecule has 1 aromatic heterocycles. The van der Waals surface area contributed by atoms with Gasteiger partial charge in [-0.3, -0.25) is 9.59 Å². The van der Waals surface area contributed by atoms with E-state index in [4.69, 9.17) is 10.5 Å². The zero-order valence-electron chi connectivity index (χ0n) is 15.0. The summed E-state index contributed by atoms with van der Waals surface area (Å²) in [5, 5.41) is 14.5. The van der Waals surface area contributed by atoms with Gasteiger partial charge in [0, 0.05) is 5.56 Å². The van der Waals surface area contributed by atoms with Gasteiger partial charge in [0.2, 0.25) is 0 Å². The van der Waals surface area contributed by atoms with E-state index in [2.05, 4.69) is 30.6 Å². The van der Waals surface area contributed by atoms with Crippen LogP contribution in [0.25, 0.3) is 22.3 Å². The van der Waals surface area contributed by atoms with Crippen molar-refractivity contribution in [3.05, 3.63) is 57.9 Å². The first kappa shape index (κ1) is 17.5. The van der Waals surface area contributed by atoms with Gasteiger partial charge < -0.3 is 15.5 Å². The SMILES string of the molecule is COc1ccc(C)cc1-c1nc2ccc(C3(C(N)=O)N=NN=N3)cc2c(=O)[nH]1. The predicted molar refractivity (Wildman–Crippen MR) is 99.7 cm³/mol. The molecule has 1 aliphatic rings. The molecule has 0 radical (unpaired) electrons. The Hall–Kier alpha value is -3.95. The monoisotopic (exact) mass is 377 g/mol. The molecular formula is C18H15N7O3. The summed E-state index contributed by atoms with van der Waals surface area (Å²) in [7, 11) is 1.55. The van der Waals surface area contributed by atoms with Crippen molar-refractivity contribution in [3.63, 3.8) is 0 Å². The number of nitrogens with one attached hydrogen (secondary N) is 1. The Morgan fingerprint density at radius 1 is 1.14 bits per heavy atom. The molecule has 2 heterocycles. The normalized spacial score (nSPS) is 14.5. The van der Waals surface area contributed by atoms with Crippen LogP contribution in [-0.2, 0) is 10.5 Å². The first-order valence-electron chi connectivity index (χ1n) is 8.28. The quantitative estimate of drug-likeness (QED) is 0.718. The third-order valence-corrected chi connectivity index (χ3v) is 4.48. The lowest BCUT2D eigenvalue weighted by atomic mass is 9.98. The third kappa shape index (κ3) is 2.62. The molecule has 2 aromatic carbocycles. The molecule has 3 N–H and O–H groups in total. The van der Waals surface area contributed by atoms with Crippen LogP contribution in [0.4, 0.5) is 0 Å². The number of hydrogen-bond donors (Lipinski definition) is 2. The van der Waals surface area contributed by atoms with Crippen LogP contribution >= 0.6 is 0 Å². The third-order valence-electron chi connectivity index (χ3n) is 4.48. The van der Waals surface area contributed by atoms with Gasteiger partial charge in [0.15, 0.2) is 0 Å². The lowest BCUT2D eigenvalue weighted by Crippen LogP contribution is -2.36. The number of aryl methyl sites for hydroxylation is 1. The van der Waals surface area contributed by atoms with Crippen LogP contribution in [0, 0.1) is 6.92 Å². The van der Waals surface area contributed by atoms with Crippen LogP contribution in [0.3, 0.4) is 0 Å². The van der Waals surface area contributed by atoms with Crippen molar-refractivity contribution in [3.8, 4) is 17.1 Å². The zero-order chi connectivity index (χ0) is 19.9. The first-order valence-corrected chi connectivity index (χ1v) is 8.28. The lowest BCUT2D eigenvalue weighted by Gasteiger charge is -2.16. The number of carbonyl (C=O) groups excluding carboxylic acids is 1. The van der Waals surface area contributed by atoms with Gasteiger partial charge in [-0.15, -0.1) is 10.2 Å². The van der Waals surface area contributed by atoms with Crippen LogP contribution in [0.2, 0.25) is 0 Å². The fraction of sp³-hybridized carbons (Fsp3) is 0.167. The summed E-state index contributed by atoms with van der Waals surface area (Å²) in [6.45, 7) is 1.93. The molecule has 4 rings (SSSR count). The number of methoxy groups -OCH3 is 1. The van der Waals surface area contributed by atoms with Crippen molar-refractivity contribution in [1.82, 2.24) is 9.97 Å². The lowest BCUT2D eigenvalue weighted by molar-refractivity contribution is -0.123. The van der Waals surface area contributed by atoms with Gasteiger partial charge in [0.05, 0.1) is 23.6 Å². The van der Waals surface area contributed by atoms with E-state index in [0.29, 0.717) is 22.7 Å². The summed E-state index contributed by atoms with van der Waals surface area (Å²) in [6, 6.07) is 10.2. The Morgan fingerprint density at radius 2 is 1.89 bits per heavy atom. The average molecular weight is 377 g/mol. The van der Waals surface area contributed by atoms with E-state index in [1.807, 2.05) is 25.1 Å². The molecule has 28 heavy (non-hydrogen) atoms. The van der Waals surface area contributed by atoms with Crippen molar-refractivity contribution in [2.24, 2.45) is 26.4 Å². The predicted octanol–water partition coefficient (Wildman–Crippen LogP) is 2.38. The van der Waals surface area contributed by atoms with Crippen molar-refractivity contribution < 1.29 is 9.53 Å². The standard InChI is InChI=1S/C18H15N7O3/c1-9-3-6-14(28-2)12(7-9)15-20-13-5-4-10(8-11(13)16(26)21-15)18(17(19)27)22-24-25-23-18/h3-8H,1-2H3,(H2,19,27)(H,20,21,26). The number of amides is 1. The molecular weight excluding hydrogens is 362 g/mol. The number of rotatable bonds is 4. The van der Waals surface area contributed by atoms with E-state index in [-0.39, 0.29) is 10.9 Å². The van der Waals surface area contributed by atoms with Crippen molar-refractivity contribution in [1.29, 1.82) is 0 Å². The minimum Gasteiger partial charge on any atom is -0.496 e. The van der Waals surface area contributed by atoms with E-state index in [1.165, 1.54) is 6.07 Å². The molecule has 10 nitrogen and oxygen atoms in total. The van der Waals surface area contributed by atoms with E-state index in [0.717, 1.165) is 5.56 Å². The number of aromatic nitrogens is 2. The van der Waals surface area contributed by atoms with Gasteiger partial charge in [-0.05, 0) is 41.6 Å². The summed E-state index contributed by atoms with van der Waals surface area (Å²) in [6.07, 6.45) is 0. The maximum absolute atomic E-state index is 12.7. The Balaban J connectivity index is 1.90. The second kappa shape index (κ2) is 6.34. The van der Waals surface area contributed by atoms with Crippen LogP contribution < -0.4 is 16.0 Å². The number of fused-ring (bicyclic) bond motifs is 1. The highest BCUT2D eigenvalue weighted by Crippen LogP contribution is 2.34. The summed E-state index contributed by atoms with van der Waals surface area (Å²) in [5.41, 5.74) is 5.65. The molecule has 0 fully saturated rings. The Bertz CT molecular complexity index is 1220. The highest BCUT2D eigenvalue weighted by molar-refractivity contribution is 5.89. The fourth-order valence-corrected chi connectivity index (χ4v) is 3.04. The number of primary amides is 1. The van der Waals surface area contributed by atoms with Crippen molar-refractivity contribution in [2.75, 3.05) is 7.11 Å². The largest absolute Gasteiger partial charge is 0.496 e. The fourth-order valence-electron chi connectivity index (χ4n) is 3.04. The van der Waals surface area contributed by atoms with Gasteiger partial charge >= 0.3 is 0 Å². The maximum Gasteiger partial charge on any atom is 0.296 e. The summed E-state index contributed by atoms with van der Waals surface area (Å²) in [5.74, 6) is 0.113. The number of benzene rings is 2. The molecule has 10 heteroatoms. The van der Waals surface area contributed by atoms with Gasteiger partial charge in [-0.1, -0.05) is 17.7 Å². The highest BCUT2D eigenvalue weighted by Gasteiger charge is 2.42. The number of hydrogen-bond acceptors (Lipinski definition) is 8. The minimum absolute atomic E-state index is 0.255. The van der Waals surface area contributed by atoms with Crippen LogP contribution in [-0.4, -0.2) is 23.0 Å². The van der Waals surface area contributed by atoms with Crippen molar-refractivity contribution >= 4 is 16.8 Å². The summed E-state index contributed by atoms with van der Waals surface area (Å²) < 4.78 is 5.37. The summed E-state index contributed by atoms with van der Waals surface area (Å²) in [4.78, 5) is 31.9. The molecule has 0 saturated heterocycles. The van der Waals surface area contributed by atoms with E-state index >= 15 is 0 Å². The van der Waals surface area contributed by atoms with E-state index in [1.54, 1.807) is 19.2 Å². The molecule has 1 aliphatic heterocycles. The topological polar surface area (TPSA) is 148 Å². The summed E-state index contributed by atoms with van der Waals surface area (Å²) >= 11 is 0. The Labute approximate surface area is 158 Å². The number of carbonyl (C=O) groups is 1. The molecule has 0 bridgehead atoms. The molecule has 0 aliphatic carbocycles. The average Bonchev–Trinajstić information content (AvgIpc) is 3.19. The van der Waals surface area contributed by atoms with Gasteiger partial charge in [0.1, 0.15) is 11.6 Å². The van der Waals surface area contributed by atoms with E-state index in [9.17, 15) is 9.59 Å². The molecule has 0 saturated carbocycles. The molecule has 140 valence electrons. The minimum atomic E-state index is -1.76. The first-order chi connectivity index (χ1) is 13.4. The highest BCUT2D eigenvalue weighted by atomic mass is 16.5. The van der Waals surface area contributed by atoms with Crippen LogP contribution in [0.5, 0.6) is 5.75 Å². The Kier molecular flexibility index (Phi) is 3.95. The number of ether oxygens (including phenoxy) is 1. The second-order valence-electron chi connectivity index (χ2n) is 6.27. The van der Waals surface area contributed by atoms with Gasteiger partial charge in [-0.25, -0.2) is 4.98 Å². The second-order valence-corrected chi connectivity index (χ2v) is 6.27. The number of nitrogens with two attached hydrogens (primary N) is 1. The zero-order valence-corrected chi connectivity index (χ0v) is 15.0. The van der Waals surface area contributed by atoms with Gasteiger partial charge in [-0.2, -0.15) is 0 Å². The van der Waals surface area contributed by atoms with Crippen LogP contribution in [0.15, 0.2) is 61.9 Å². The number of aromatic amines is 1. The molecule has 0 atom stereocenters. The Morgan fingerprint density at radius 3 is 2.57 bits per heavy atom. The maximum atomic E-state index is 12.7. The van der Waals surface area contributed by atoms with Crippen molar-refractivity contribution in [2.45, 2.75) is 12.6 Å². The molecule has 0 spiro atoms. The molecule has 3 aromatic rings. The molecule has 1 amide bonds. The molecule has 0 unspecified atom stereocenters.